The van der Waals surface area contributed by atoms with Gasteiger partial charge in [0.15, 0.2) is 0 Å². The Kier molecular flexibility index (Phi) is 7.74. The van der Waals surface area contributed by atoms with E-state index in [4.69, 9.17) is 20.2 Å². The zero-order valence-corrected chi connectivity index (χ0v) is 20.6. The van der Waals surface area contributed by atoms with Crippen LogP contribution in [0, 0.1) is 0 Å². The van der Waals surface area contributed by atoms with Gasteiger partial charge in [-0.15, -0.1) is 0 Å². The van der Waals surface area contributed by atoms with Crippen LogP contribution >= 0.6 is 20.2 Å². The number of hydrogen-bond acceptors (Lipinski definition) is 3. The summed E-state index contributed by atoms with van der Waals surface area (Å²) in [4.78, 5) is 0. The van der Waals surface area contributed by atoms with Gasteiger partial charge in [0.05, 0.1) is 0 Å². The summed E-state index contributed by atoms with van der Waals surface area (Å²) in [5.41, 5.74) is -6.45. The van der Waals surface area contributed by atoms with Crippen molar-refractivity contribution in [2.45, 2.75) is 41.0 Å². The van der Waals surface area contributed by atoms with Gasteiger partial charge in [-0.2, -0.15) is 0 Å². The molecular formula is C16H6Cl2F15MnN6. The van der Waals surface area contributed by atoms with Crippen molar-refractivity contribution < 1.29 is 77.9 Å². The van der Waals surface area contributed by atoms with Gasteiger partial charge in [0.2, 0.25) is 0 Å². The molecule has 0 radical (unpaired) electrons. The first kappa shape index (κ1) is 32.2. The van der Waals surface area contributed by atoms with Crippen LogP contribution in [0.25, 0.3) is 0 Å². The zero-order chi connectivity index (χ0) is 30.9. The Morgan fingerprint density at radius 1 is 0.475 bits per heavy atom. The van der Waals surface area contributed by atoms with Crippen molar-refractivity contribution in [3.05, 3.63) is 53.9 Å². The van der Waals surface area contributed by atoms with Crippen LogP contribution in [0.2, 0.25) is 0 Å². The molecule has 0 N–H and O–H groups in total. The number of alkyl halides is 15. The third-order valence-corrected chi connectivity index (χ3v) is 7.86. The van der Waals surface area contributed by atoms with Gasteiger partial charge in [0.1, 0.15) is 0 Å². The van der Waals surface area contributed by atoms with E-state index in [2.05, 4.69) is 15.3 Å². The van der Waals surface area contributed by atoms with Crippen LogP contribution in [0.3, 0.4) is 0 Å². The van der Waals surface area contributed by atoms with Gasteiger partial charge >= 0.3 is 222 Å². The predicted molar refractivity (Wildman–Crippen MR) is 97.0 cm³/mol. The first-order valence-corrected chi connectivity index (χ1v) is 13.2. The zero-order valence-electron chi connectivity index (χ0n) is 18.0. The van der Waals surface area contributed by atoms with E-state index in [0.29, 0.717) is 0 Å². The van der Waals surface area contributed by atoms with Gasteiger partial charge in [-0.1, -0.05) is 0 Å². The average Bonchev–Trinajstić information content (AvgIpc) is 3.53. The second kappa shape index (κ2) is 9.62. The summed E-state index contributed by atoms with van der Waals surface area (Å²) in [6.07, 6.45) is -18.4. The van der Waals surface area contributed by atoms with Gasteiger partial charge < -0.3 is 0 Å². The second-order valence-corrected chi connectivity index (χ2v) is 11.8. The topological polar surface area (TPSA) is 53.5 Å². The van der Waals surface area contributed by atoms with Crippen molar-refractivity contribution in [3.63, 3.8) is 0 Å². The normalized spacial score (nSPS) is 15.1. The monoisotopic (exact) mass is 692 g/mol. The Morgan fingerprint density at radius 3 is 0.875 bits per heavy atom. The number of halogens is 17. The molecule has 0 aliphatic heterocycles. The first-order valence-electron chi connectivity index (χ1n) is 9.39. The third-order valence-electron chi connectivity index (χ3n) is 4.87. The summed E-state index contributed by atoms with van der Waals surface area (Å²) < 4.78 is 195. The average molecular weight is 693 g/mol. The molecule has 226 valence electrons. The van der Waals surface area contributed by atoms with Crippen LogP contribution in [0.5, 0.6) is 0 Å². The van der Waals surface area contributed by atoms with E-state index in [9.17, 15) is 65.9 Å². The number of hydrogen-bond donors (Lipinski definition) is 0. The molecule has 0 saturated carbocycles. The molecule has 0 unspecified atom stereocenters. The Labute approximate surface area is 222 Å². The molecule has 0 aliphatic carbocycles. The molecule has 0 aliphatic rings. The summed E-state index contributed by atoms with van der Waals surface area (Å²) in [6, 6.07) is -0.153. The molecule has 3 heterocycles. The fourth-order valence-electron chi connectivity index (χ4n) is 2.90. The van der Waals surface area contributed by atoms with Crippen molar-refractivity contribution in [2.75, 3.05) is 0 Å². The molecule has 3 aromatic rings. The summed E-state index contributed by atoms with van der Waals surface area (Å²) in [5.74, 6) is -17.2. The number of nitrogens with zero attached hydrogens (tertiary/aromatic N) is 6. The van der Waals surface area contributed by atoms with Crippen LogP contribution in [-0.4, -0.2) is 47.9 Å². The van der Waals surface area contributed by atoms with Gasteiger partial charge in [-0.3, -0.25) is 0 Å². The summed E-state index contributed by atoms with van der Waals surface area (Å²) in [6.45, 7) is 0. The third kappa shape index (κ3) is 4.89. The molecule has 24 heteroatoms. The molecule has 40 heavy (non-hydrogen) atoms. The van der Waals surface area contributed by atoms with Gasteiger partial charge in [0.25, 0.3) is 0 Å². The van der Waals surface area contributed by atoms with E-state index in [1.807, 2.05) is 0 Å². The van der Waals surface area contributed by atoms with E-state index in [1.165, 1.54) is 0 Å². The Hall–Kier alpha value is -2.32. The molecule has 0 atom stereocenters. The Balaban J connectivity index is 2.37. The Bertz CT molecular complexity index is 1200. The van der Waals surface area contributed by atoms with Gasteiger partial charge in [-0.25, -0.2) is 0 Å². The minimum atomic E-state index is -6.30. The van der Waals surface area contributed by atoms with E-state index >= 15 is 0 Å². The maximum absolute atomic E-state index is 13.9. The van der Waals surface area contributed by atoms with E-state index in [0.717, 1.165) is 0 Å². The molecule has 3 rings (SSSR count). The molecule has 0 amide bonds. The van der Waals surface area contributed by atoms with Crippen molar-refractivity contribution in [3.8, 4) is 0 Å². The molecule has 6 nitrogen and oxygen atoms in total. The Morgan fingerprint density at radius 2 is 0.700 bits per heavy atom. The molecule has 0 fully saturated rings. The summed E-state index contributed by atoms with van der Waals surface area (Å²) in [7, 11) is 11.8. The number of rotatable bonds is 7. The standard InChI is InChI=1S/C16H6F15N6.2ClH.Mn/c17-11(18,14(23,24)25)7-1-4-35(32-7)10(36-5-2-8(33-36)12(19,20)15(26,27)28)37-6-3-9(34-37)13(21,22)16(29,30)31;;;/h1-6H;2*1H;/q;;;+2/p-2. The van der Waals surface area contributed by atoms with Crippen LogP contribution in [0.1, 0.15) is 17.1 Å². The molecular weight excluding hydrogens is 687 g/mol. The van der Waals surface area contributed by atoms with Crippen LogP contribution in [-0.2, 0) is 34.5 Å². The van der Waals surface area contributed by atoms with Gasteiger partial charge in [0, 0.05) is 0 Å². The van der Waals surface area contributed by atoms with Crippen molar-refractivity contribution in [2.24, 2.45) is 0 Å². The molecule has 3 aromatic heterocycles. The SMILES string of the molecule is FC(F)(F)C(F)(F)c1ccn([C](n2ccc(C(F)(F)C(F)(F)F)n2)(n2ccc(C(F)(F)C(F)(F)F)n2)[Mn]([Cl])[Cl])n1. The second-order valence-electron chi connectivity index (χ2n) is 7.40. The fourth-order valence-corrected chi connectivity index (χ4v) is 5.57. The van der Waals surface area contributed by atoms with Crippen LogP contribution < -0.4 is 0 Å². The van der Waals surface area contributed by atoms with Crippen LogP contribution in [0.4, 0.5) is 65.9 Å². The van der Waals surface area contributed by atoms with Crippen molar-refractivity contribution >= 4 is 20.2 Å². The molecule has 0 aromatic carbocycles. The quantitative estimate of drug-likeness (QED) is 0.202. The van der Waals surface area contributed by atoms with Crippen molar-refractivity contribution in [1.29, 1.82) is 0 Å². The van der Waals surface area contributed by atoms with Crippen molar-refractivity contribution in [1.82, 2.24) is 29.3 Å². The maximum atomic E-state index is 13.9. The minimum absolute atomic E-state index is 0.0509. The van der Waals surface area contributed by atoms with E-state index < -0.39 is 70.1 Å². The summed E-state index contributed by atoms with van der Waals surface area (Å²) in [5, 5.41) is 8.69. The van der Waals surface area contributed by atoms with Crippen LogP contribution in [0.15, 0.2) is 36.8 Å². The summed E-state index contributed by atoms with van der Waals surface area (Å²) >= 11 is -3.85. The number of aromatic nitrogens is 6. The fraction of sp³-hybridized carbons (Fsp3) is 0.438. The molecule has 0 spiro atoms. The molecule has 0 bridgehead atoms. The predicted octanol–water partition coefficient (Wildman–Crippen LogP) is 6.83. The van der Waals surface area contributed by atoms with E-state index in [-0.39, 0.29) is 50.8 Å². The first-order chi connectivity index (χ1) is 17.8. The van der Waals surface area contributed by atoms with E-state index in [1.54, 1.807) is 0 Å². The van der Waals surface area contributed by atoms with Gasteiger partial charge in [-0.05, 0) is 0 Å². The molecule has 0 saturated heterocycles.